The largest absolute Gasteiger partial charge is 0.313 e. The maximum Gasteiger partial charge on any atom is 0.126 e. The maximum absolute atomic E-state index is 13.8. The number of benzene rings is 1. The molecule has 0 aliphatic heterocycles. The zero-order chi connectivity index (χ0) is 15.1. The molecule has 1 N–H and O–H groups in total. The van der Waals surface area contributed by atoms with Crippen molar-refractivity contribution in [2.24, 2.45) is 0 Å². The molecule has 1 unspecified atom stereocenters. The minimum Gasteiger partial charge on any atom is -0.313 e. The van der Waals surface area contributed by atoms with Gasteiger partial charge in [-0.05, 0) is 65.0 Å². The van der Waals surface area contributed by atoms with E-state index in [2.05, 4.69) is 39.2 Å². The quantitative estimate of drug-likeness (QED) is 0.811. The molecule has 2 aromatic rings. The van der Waals surface area contributed by atoms with Crippen molar-refractivity contribution in [1.82, 2.24) is 10.3 Å². The van der Waals surface area contributed by atoms with Gasteiger partial charge in [0.25, 0.3) is 0 Å². The first-order chi connectivity index (χ1) is 10.2. The zero-order valence-electron chi connectivity index (χ0n) is 12.2. The van der Waals surface area contributed by atoms with Crippen LogP contribution in [0, 0.1) is 5.82 Å². The third-order valence-corrected chi connectivity index (χ3v) is 3.78. The molecule has 0 radical (unpaired) electrons. The van der Waals surface area contributed by atoms with Crippen molar-refractivity contribution in [3.63, 3.8) is 0 Å². The molecule has 0 amide bonds. The molecule has 0 saturated carbocycles. The molecule has 0 fully saturated rings. The van der Waals surface area contributed by atoms with E-state index in [1.165, 1.54) is 6.07 Å². The summed E-state index contributed by atoms with van der Waals surface area (Å²) in [5, 5.41) is 3.50. The minimum absolute atomic E-state index is 0.131. The Morgan fingerprint density at radius 2 is 2.05 bits per heavy atom. The molecule has 21 heavy (non-hydrogen) atoms. The number of hydrogen-bond acceptors (Lipinski definition) is 2. The first-order valence-corrected chi connectivity index (χ1v) is 8.04. The molecular formula is C17H20BrFN2. The Morgan fingerprint density at radius 1 is 1.24 bits per heavy atom. The molecule has 4 heteroatoms. The van der Waals surface area contributed by atoms with Crippen LogP contribution in [-0.4, -0.2) is 17.6 Å². The number of aromatic nitrogens is 1. The van der Waals surface area contributed by atoms with Crippen molar-refractivity contribution in [2.75, 3.05) is 6.54 Å². The van der Waals surface area contributed by atoms with E-state index in [0.29, 0.717) is 6.42 Å². The summed E-state index contributed by atoms with van der Waals surface area (Å²) in [6.07, 6.45) is 6.21. The molecule has 112 valence electrons. The molecule has 2 nitrogen and oxygen atoms in total. The van der Waals surface area contributed by atoms with Crippen LogP contribution in [0.2, 0.25) is 0 Å². The molecule has 0 saturated heterocycles. The zero-order valence-corrected chi connectivity index (χ0v) is 13.7. The van der Waals surface area contributed by atoms with Crippen LogP contribution in [0.4, 0.5) is 4.39 Å². The monoisotopic (exact) mass is 350 g/mol. The number of halogens is 2. The van der Waals surface area contributed by atoms with E-state index in [1.54, 1.807) is 12.3 Å². The third kappa shape index (κ3) is 5.21. The summed E-state index contributed by atoms with van der Waals surface area (Å²) in [7, 11) is 0. The minimum atomic E-state index is -0.131. The SMILES string of the molecule is CCCNC(Cc1cncc(Br)c1)Cc1ccccc1F. The second kappa shape index (κ2) is 8.25. The fourth-order valence-electron chi connectivity index (χ4n) is 2.35. The van der Waals surface area contributed by atoms with Gasteiger partial charge in [-0.1, -0.05) is 25.1 Å². The first kappa shape index (κ1) is 16.1. The van der Waals surface area contributed by atoms with E-state index in [1.807, 2.05) is 18.3 Å². The molecular weight excluding hydrogens is 331 g/mol. The highest BCUT2D eigenvalue weighted by molar-refractivity contribution is 9.10. The van der Waals surface area contributed by atoms with Crippen LogP contribution >= 0.6 is 15.9 Å². The lowest BCUT2D eigenvalue weighted by Gasteiger charge is -2.19. The van der Waals surface area contributed by atoms with Gasteiger partial charge >= 0.3 is 0 Å². The topological polar surface area (TPSA) is 24.9 Å². The lowest BCUT2D eigenvalue weighted by atomic mass is 9.99. The van der Waals surface area contributed by atoms with Gasteiger partial charge in [0, 0.05) is 22.9 Å². The molecule has 1 aromatic heterocycles. The number of pyridine rings is 1. The van der Waals surface area contributed by atoms with Crippen molar-refractivity contribution < 1.29 is 4.39 Å². The van der Waals surface area contributed by atoms with Crippen LogP contribution in [0.25, 0.3) is 0 Å². The molecule has 0 aliphatic carbocycles. The molecule has 0 aliphatic rings. The maximum atomic E-state index is 13.8. The van der Waals surface area contributed by atoms with Crippen molar-refractivity contribution >= 4 is 15.9 Å². The highest BCUT2D eigenvalue weighted by atomic mass is 79.9. The molecule has 0 spiro atoms. The summed E-state index contributed by atoms with van der Waals surface area (Å²) in [5.41, 5.74) is 1.91. The fraction of sp³-hybridized carbons (Fsp3) is 0.353. The van der Waals surface area contributed by atoms with Gasteiger partial charge in [0.05, 0.1) is 0 Å². The van der Waals surface area contributed by atoms with Crippen LogP contribution in [0.15, 0.2) is 47.2 Å². The average molecular weight is 351 g/mol. The van der Waals surface area contributed by atoms with Gasteiger partial charge in [0.1, 0.15) is 5.82 Å². The van der Waals surface area contributed by atoms with Crippen LogP contribution in [-0.2, 0) is 12.8 Å². The first-order valence-electron chi connectivity index (χ1n) is 7.25. The van der Waals surface area contributed by atoms with Crippen molar-refractivity contribution in [1.29, 1.82) is 0 Å². The number of rotatable bonds is 7. The van der Waals surface area contributed by atoms with Gasteiger partial charge in [-0.2, -0.15) is 0 Å². The summed E-state index contributed by atoms with van der Waals surface area (Å²) in [6.45, 7) is 3.06. The third-order valence-electron chi connectivity index (χ3n) is 3.35. The molecule has 0 bridgehead atoms. The lowest BCUT2D eigenvalue weighted by molar-refractivity contribution is 0.492. The van der Waals surface area contributed by atoms with Gasteiger partial charge < -0.3 is 5.32 Å². The normalized spacial score (nSPS) is 12.3. The standard InChI is InChI=1S/C17H20BrFN2/c1-2-7-21-16(9-13-8-15(18)12-20-11-13)10-14-5-3-4-6-17(14)19/h3-6,8,11-12,16,21H,2,7,9-10H2,1H3. The van der Waals surface area contributed by atoms with E-state index in [-0.39, 0.29) is 11.9 Å². The smallest absolute Gasteiger partial charge is 0.126 e. The fourth-order valence-corrected chi connectivity index (χ4v) is 2.76. The Balaban J connectivity index is 2.09. The summed E-state index contributed by atoms with van der Waals surface area (Å²) in [5.74, 6) is -0.131. The van der Waals surface area contributed by atoms with Crippen molar-refractivity contribution in [3.8, 4) is 0 Å². The summed E-state index contributed by atoms with van der Waals surface area (Å²) in [6, 6.07) is 9.26. The van der Waals surface area contributed by atoms with Crippen LogP contribution in [0.3, 0.4) is 0 Å². The van der Waals surface area contributed by atoms with Crippen LogP contribution in [0.5, 0.6) is 0 Å². The highest BCUT2D eigenvalue weighted by Crippen LogP contribution is 2.15. The van der Waals surface area contributed by atoms with Crippen molar-refractivity contribution in [2.45, 2.75) is 32.2 Å². The Morgan fingerprint density at radius 3 is 2.76 bits per heavy atom. The van der Waals surface area contributed by atoms with E-state index < -0.39 is 0 Å². The van der Waals surface area contributed by atoms with E-state index in [0.717, 1.165) is 35.0 Å². The Labute approximate surface area is 133 Å². The summed E-state index contributed by atoms with van der Waals surface area (Å²) in [4.78, 5) is 4.19. The predicted octanol–water partition coefficient (Wildman–Crippen LogP) is 4.14. The lowest BCUT2D eigenvalue weighted by Crippen LogP contribution is -2.34. The van der Waals surface area contributed by atoms with Gasteiger partial charge in [-0.15, -0.1) is 0 Å². The Hall–Kier alpha value is -1.26. The highest BCUT2D eigenvalue weighted by Gasteiger charge is 2.12. The number of nitrogens with one attached hydrogen (secondary N) is 1. The van der Waals surface area contributed by atoms with Gasteiger partial charge in [-0.3, -0.25) is 4.98 Å². The summed E-state index contributed by atoms with van der Waals surface area (Å²) < 4.78 is 14.8. The van der Waals surface area contributed by atoms with Gasteiger partial charge in [0.15, 0.2) is 0 Å². The van der Waals surface area contributed by atoms with Gasteiger partial charge in [0.2, 0.25) is 0 Å². The van der Waals surface area contributed by atoms with E-state index in [9.17, 15) is 4.39 Å². The molecule has 1 aromatic carbocycles. The number of nitrogens with zero attached hydrogens (tertiary/aromatic N) is 1. The second-order valence-corrected chi connectivity index (χ2v) is 6.08. The predicted molar refractivity (Wildman–Crippen MR) is 87.8 cm³/mol. The molecule has 1 atom stereocenters. The van der Waals surface area contributed by atoms with Crippen molar-refractivity contribution in [3.05, 3.63) is 64.1 Å². The molecule has 1 heterocycles. The van der Waals surface area contributed by atoms with Gasteiger partial charge in [-0.25, -0.2) is 4.39 Å². The average Bonchev–Trinajstić information content (AvgIpc) is 2.47. The Bertz CT molecular complexity index is 574. The second-order valence-electron chi connectivity index (χ2n) is 5.16. The van der Waals surface area contributed by atoms with Crippen LogP contribution < -0.4 is 5.32 Å². The number of hydrogen-bond donors (Lipinski definition) is 1. The van der Waals surface area contributed by atoms with E-state index in [4.69, 9.17) is 0 Å². The Kier molecular flexibility index (Phi) is 6.33. The summed E-state index contributed by atoms with van der Waals surface area (Å²) >= 11 is 3.44. The van der Waals surface area contributed by atoms with Crippen LogP contribution in [0.1, 0.15) is 24.5 Å². The van der Waals surface area contributed by atoms with E-state index >= 15 is 0 Å². The molecule has 2 rings (SSSR count).